The monoisotopic (exact) mass is 378 g/mol. The van der Waals surface area contributed by atoms with E-state index in [0.29, 0.717) is 12.1 Å². The van der Waals surface area contributed by atoms with Crippen LogP contribution in [0.2, 0.25) is 0 Å². The highest BCUT2D eigenvalue weighted by atomic mass is 79.9. The number of rotatable bonds is 6. The molecular formula is C17H21BrN3O2+. The second-order valence-electron chi connectivity index (χ2n) is 5.50. The summed E-state index contributed by atoms with van der Waals surface area (Å²) in [6.45, 7) is 0.542. The van der Waals surface area contributed by atoms with Crippen LogP contribution in [0.15, 0.2) is 47.2 Å². The van der Waals surface area contributed by atoms with Crippen molar-refractivity contribution in [3.8, 4) is 5.75 Å². The molecule has 1 atom stereocenters. The van der Waals surface area contributed by atoms with Gasteiger partial charge in [0.15, 0.2) is 0 Å². The standard InChI is InChI=1S/C17H20BrN3O2/c1-21(2)16(12-4-6-15(23-3)7-5-12)11-20-17(22)13-8-14(18)10-19-9-13/h4-10,16H,11H2,1-3H3,(H,20,22)/p+1/t16-/m1/s1. The topological polar surface area (TPSA) is 55.7 Å². The van der Waals surface area contributed by atoms with Crippen LogP contribution in [0.25, 0.3) is 0 Å². The Kier molecular flexibility index (Phi) is 6.12. The quantitative estimate of drug-likeness (QED) is 0.800. The number of amides is 1. The van der Waals surface area contributed by atoms with Crippen LogP contribution in [0.1, 0.15) is 22.0 Å². The fraction of sp³-hybridized carbons (Fsp3) is 0.294. The molecule has 1 aromatic heterocycles. The van der Waals surface area contributed by atoms with Crippen molar-refractivity contribution >= 4 is 21.8 Å². The second-order valence-corrected chi connectivity index (χ2v) is 6.42. The van der Waals surface area contributed by atoms with Crippen LogP contribution < -0.4 is 15.0 Å². The largest absolute Gasteiger partial charge is 0.497 e. The lowest BCUT2D eigenvalue weighted by Gasteiger charge is -2.22. The molecule has 0 unspecified atom stereocenters. The lowest BCUT2D eigenvalue weighted by molar-refractivity contribution is -0.890. The third kappa shape index (κ3) is 4.77. The van der Waals surface area contributed by atoms with E-state index in [-0.39, 0.29) is 11.9 Å². The van der Waals surface area contributed by atoms with Gasteiger partial charge in [0.05, 0.1) is 33.3 Å². The number of hydrogen-bond acceptors (Lipinski definition) is 3. The Morgan fingerprint density at radius 1 is 1.30 bits per heavy atom. The summed E-state index contributed by atoms with van der Waals surface area (Å²) >= 11 is 3.33. The number of halogens is 1. The van der Waals surface area contributed by atoms with Crippen molar-refractivity contribution in [1.82, 2.24) is 10.3 Å². The van der Waals surface area contributed by atoms with Gasteiger partial charge in [0, 0.05) is 22.4 Å². The van der Waals surface area contributed by atoms with Gasteiger partial charge < -0.3 is 15.0 Å². The Morgan fingerprint density at radius 3 is 2.57 bits per heavy atom. The minimum absolute atomic E-state index is 0.126. The highest BCUT2D eigenvalue weighted by Crippen LogP contribution is 2.16. The molecule has 0 aliphatic carbocycles. The predicted molar refractivity (Wildman–Crippen MR) is 92.8 cm³/mol. The van der Waals surface area contributed by atoms with Crippen molar-refractivity contribution in [3.05, 3.63) is 58.3 Å². The maximum atomic E-state index is 12.3. The molecule has 0 bridgehead atoms. The van der Waals surface area contributed by atoms with Crippen LogP contribution in [0.3, 0.4) is 0 Å². The molecule has 2 N–H and O–H groups in total. The molecule has 2 rings (SSSR count). The number of likely N-dealkylation sites (N-methyl/N-ethyl adjacent to an activating group) is 1. The zero-order valence-corrected chi connectivity index (χ0v) is 15.1. The van der Waals surface area contributed by atoms with Gasteiger partial charge in [-0.2, -0.15) is 0 Å². The summed E-state index contributed by atoms with van der Waals surface area (Å²) in [6.07, 6.45) is 3.21. The average Bonchev–Trinajstić information content (AvgIpc) is 2.55. The van der Waals surface area contributed by atoms with Gasteiger partial charge >= 0.3 is 0 Å². The number of carbonyl (C=O) groups is 1. The normalized spacial score (nSPS) is 12.0. The zero-order chi connectivity index (χ0) is 16.8. The fourth-order valence-corrected chi connectivity index (χ4v) is 2.69. The number of benzene rings is 1. The molecule has 122 valence electrons. The number of pyridine rings is 1. The molecule has 5 nitrogen and oxygen atoms in total. The Bertz CT molecular complexity index is 659. The Hall–Kier alpha value is -1.92. The van der Waals surface area contributed by atoms with Crippen LogP contribution in [-0.4, -0.2) is 38.6 Å². The van der Waals surface area contributed by atoms with Crippen molar-refractivity contribution in [2.75, 3.05) is 27.7 Å². The minimum Gasteiger partial charge on any atom is -0.497 e. The summed E-state index contributed by atoms with van der Waals surface area (Å²) in [7, 11) is 5.79. The van der Waals surface area contributed by atoms with Gasteiger partial charge in [-0.15, -0.1) is 0 Å². The van der Waals surface area contributed by atoms with E-state index in [9.17, 15) is 4.79 Å². The molecule has 2 aromatic rings. The average molecular weight is 379 g/mol. The highest BCUT2D eigenvalue weighted by molar-refractivity contribution is 9.10. The molecule has 1 amide bonds. The van der Waals surface area contributed by atoms with E-state index >= 15 is 0 Å². The molecule has 0 radical (unpaired) electrons. The first kappa shape index (κ1) is 17.4. The van der Waals surface area contributed by atoms with Crippen LogP contribution in [0, 0.1) is 0 Å². The van der Waals surface area contributed by atoms with Crippen molar-refractivity contribution in [2.24, 2.45) is 0 Å². The molecule has 0 spiro atoms. The minimum atomic E-state index is -0.126. The third-order valence-corrected chi connectivity index (χ3v) is 4.08. The van der Waals surface area contributed by atoms with E-state index in [2.05, 4.69) is 40.3 Å². The number of hydrogen-bond donors (Lipinski definition) is 2. The van der Waals surface area contributed by atoms with Crippen LogP contribution in [-0.2, 0) is 0 Å². The third-order valence-electron chi connectivity index (χ3n) is 3.65. The molecule has 1 aromatic carbocycles. The number of carbonyl (C=O) groups excluding carboxylic acids is 1. The van der Waals surface area contributed by atoms with Gasteiger partial charge in [0.1, 0.15) is 11.8 Å². The molecule has 0 aliphatic heterocycles. The first-order chi connectivity index (χ1) is 11.0. The van der Waals surface area contributed by atoms with Gasteiger partial charge in [0.25, 0.3) is 5.91 Å². The molecule has 23 heavy (non-hydrogen) atoms. The first-order valence-electron chi connectivity index (χ1n) is 7.34. The van der Waals surface area contributed by atoms with Gasteiger partial charge in [0.2, 0.25) is 0 Å². The summed E-state index contributed by atoms with van der Waals surface area (Å²) in [5, 5.41) is 2.98. The molecule has 6 heteroatoms. The fourth-order valence-electron chi connectivity index (χ4n) is 2.32. The lowest BCUT2D eigenvalue weighted by Crippen LogP contribution is -3.07. The van der Waals surface area contributed by atoms with Gasteiger partial charge in [-0.1, -0.05) is 0 Å². The summed E-state index contributed by atoms with van der Waals surface area (Å²) in [6, 6.07) is 9.85. The number of aromatic nitrogens is 1. The Labute approximate surface area is 144 Å². The number of quaternary nitrogens is 1. The second kappa shape index (κ2) is 8.08. The van der Waals surface area contributed by atoms with Crippen LogP contribution >= 0.6 is 15.9 Å². The van der Waals surface area contributed by atoms with E-state index in [1.807, 2.05) is 24.3 Å². The van der Waals surface area contributed by atoms with Gasteiger partial charge in [-0.05, 0) is 46.3 Å². The lowest BCUT2D eigenvalue weighted by atomic mass is 10.1. The van der Waals surface area contributed by atoms with E-state index in [4.69, 9.17) is 4.74 Å². The van der Waals surface area contributed by atoms with Crippen molar-refractivity contribution in [1.29, 1.82) is 0 Å². The molecule has 0 saturated carbocycles. The van der Waals surface area contributed by atoms with Gasteiger partial charge in [-0.25, -0.2) is 0 Å². The van der Waals surface area contributed by atoms with Crippen molar-refractivity contribution in [2.45, 2.75) is 6.04 Å². The molecule has 0 aliphatic rings. The maximum absolute atomic E-state index is 12.3. The first-order valence-corrected chi connectivity index (χ1v) is 8.13. The number of ether oxygens (including phenoxy) is 1. The summed E-state index contributed by atoms with van der Waals surface area (Å²) in [5.74, 6) is 0.698. The van der Waals surface area contributed by atoms with E-state index in [0.717, 1.165) is 15.8 Å². The summed E-state index contributed by atoms with van der Waals surface area (Å²) in [4.78, 5) is 17.5. The highest BCUT2D eigenvalue weighted by Gasteiger charge is 2.19. The molecule has 0 saturated heterocycles. The molecule has 0 fully saturated rings. The Morgan fingerprint density at radius 2 is 2.00 bits per heavy atom. The Balaban J connectivity index is 2.06. The SMILES string of the molecule is COc1ccc([C@@H](CNC(=O)c2cncc(Br)c2)[NH+](C)C)cc1. The zero-order valence-electron chi connectivity index (χ0n) is 13.5. The van der Waals surface area contributed by atoms with E-state index in [1.165, 1.54) is 4.90 Å². The number of nitrogens with zero attached hydrogens (tertiary/aromatic N) is 1. The summed E-state index contributed by atoms with van der Waals surface area (Å²) < 4.78 is 5.98. The number of methoxy groups -OCH3 is 1. The molecular weight excluding hydrogens is 358 g/mol. The van der Waals surface area contributed by atoms with Gasteiger partial charge in [-0.3, -0.25) is 9.78 Å². The predicted octanol–water partition coefficient (Wildman–Crippen LogP) is 1.47. The van der Waals surface area contributed by atoms with E-state index in [1.54, 1.807) is 25.6 Å². The van der Waals surface area contributed by atoms with Crippen LogP contribution in [0.5, 0.6) is 5.75 Å². The van der Waals surface area contributed by atoms with Crippen molar-refractivity contribution in [3.63, 3.8) is 0 Å². The van der Waals surface area contributed by atoms with E-state index < -0.39 is 0 Å². The number of nitrogens with one attached hydrogen (secondary N) is 2. The molecule has 1 heterocycles. The van der Waals surface area contributed by atoms with Crippen LogP contribution in [0.4, 0.5) is 0 Å². The maximum Gasteiger partial charge on any atom is 0.253 e. The smallest absolute Gasteiger partial charge is 0.253 e. The van der Waals surface area contributed by atoms with Crippen molar-refractivity contribution < 1.29 is 14.4 Å². The summed E-state index contributed by atoms with van der Waals surface area (Å²) in [5.41, 5.74) is 1.69.